The number of aryl methyl sites for hydroxylation is 1. The standard InChI is InChI=1S/C17H21N3O2/c1-22-16-6-2-5-14(12-16)20-17(18)19-11-3-4-13-7-9-15(21)10-8-13/h2,5-10,12,21H,3-4,11H2,1H3,(H3,18,19,20). The van der Waals surface area contributed by atoms with Crippen molar-refractivity contribution in [2.45, 2.75) is 12.8 Å². The molecule has 0 amide bonds. The van der Waals surface area contributed by atoms with Crippen molar-refractivity contribution in [2.75, 3.05) is 19.0 Å². The number of methoxy groups -OCH3 is 1. The zero-order valence-electron chi connectivity index (χ0n) is 12.6. The number of hydrogen-bond donors (Lipinski definition) is 3. The second kappa shape index (κ2) is 7.93. The maximum absolute atomic E-state index is 9.22. The number of rotatable bonds is 6. The van der Waals surface area contributed by atoms with E-state index < -0.39 is 0 Å². The van der Waals surface area contributed by atoms with Gasteiger partial charge in [0.1, 0.15) is 11.5 Å². The van der Waals surface area contributed by atoms with Crippen molar-refractivity contribution in [3.63, 3.8) is 0 Å². The second-order valence-electron chi connectivity index (χ2n) is 4.89. The summed E-state index contributed by atoms with van der Waals surface area (Å²) in [5, 5.41) is 12.3. The quantitative estimate of drug-likeness (QED) is 0.435. The number of aromatic hydroxyl groups is 1. The summed E-state index contributed by atoms with van der Waals surface area (Å²) in [5.74, 6) is 1.44. The average Bonchev–Trinajstić information content (AvgIpc) is 2.53. The van der Waals surface area contributed by atoms with Crippen LogP contribution in [0, 0.1) is 0 Å². The summed E-state index contributed by atoms with van der Waals surface area (Å²) in [7, 11) is 1.62. The number of hydrogen-bond acceptors (Lipinski definition) is 3. The fraction of sp³-hybridized carbons (Fsp3) is 0.235. The van der Waals surface area contributed by atoms with E-state index in [0.717, 1.165) is 24.3 Å². The molecule has 0 heterocycles. The van der Waals surface area contributed by atoms with E-state index >= 15 is 0 Å². The minimum Gasteiger partial charge on any atom is -0.508 e. The predicted molar refractivity (Wildman–Crippen MR) is 89.5 cm³/mol. The van der Waals surface area contributed by atoms with Crippen LogP contribution in [0.3, 0.4) is 0 Å². The minimum absolute atomic E-state index is 0.286. The summed E-state index contributed by atoms with van der Waals surface area (Å²) in [4.78, 5) is 4.30. The zero-order chi connectivity index (χ0) is 15.8. The molecule has 0 saturated heterocycles. The van der Waals surface area contributed by atoms with Gasteiger partial charge in [0.2, 0.25) is 0 Å². The summed E-state index contributed by atoms with van der Waals surface area (Å²) in [6.07, 6.45) is 1.79. The first kappa shape index (κ1) is 15.7. The average molecular weight is 299 g/mol. The second-order valence-corrected chi connectivity index (χ2v) is 4.89. The largest absolute Gasteiger partial charge is 0.508 e. The number of benzene rings is 2. The Balaban J connectivity index is 1.78. The molecular formula is C17H21N3O2. The summed E-state index contributed by atoms with van der Waals surface area (Å²) < 4.78 is 5.15. The third-order valence-electron chi connectivity index (χ3n) is 3.18. The van der Waals surface area contributed by atoms with E-state index in [9.17, 15) is 5.11 Å². The third kappa shape index (κ3) is 5.01. The van der Waals surface area contributed by atoms with Crippen LogP contribution in [0.5, 0.6) is 11.5 Å². The fourth-order valence-electron chi connectivity index (χ4n) is 2.03. The molecule has 0 aliphatic rings. The molecule has 0 aliphatic carbocycles. The first-order valence-electron chi connectivity index (χ1n) is 7.16. The van der Waals surface area contributed by atoms with Crippen molar-refractivity contribution >= 4 is 11.6 Å². The maximum atomic E-state index is 9.22. The van der Waals surface area contributed by atoms with E-state index in [4.69, 9.17) is 10.5 Å². The van der Waals surface area contributed by atoms with Crippen LogP contribution in [0.25, 0.3) is 0 Å². The highest BCUT2D eigenvalue weighted by Gasteiger charge is 1.98. The smallest absolute Gasteiger partial charge is 0.193 e. The van der Waals surface area contributed by atoms with Gasteiger partial charge in [-0.3, -0.25) is 4.99 Å². The number of ether oxygens (including phenoxy) is 1. The number of nitrogens with two attached hydrogens (primary N) is 1. The topological polar surface area (TPSA) is 79.9 Å². The molecule has 4 N–H and O–H groups in total. The van der Waals surface area contributed by atoms with E-state index in [1.165, 1.54) is 5.56 Å². The van der Waals surface area contributed by atoms with Gasteiger partial charge >= 0.3 is 0 Å². The Labute approximate surface area is 130 Å². The van der Waals surface area contributed by atoms with Crippen molar-refractivity contribution in [1.82, 2.24) is 0 Å². The lowest BCUT2D eigenvalue weighted by Crippen LogP contribution is -2.22. The van der Waals surface area contributed by atoms with E-state index in [1.54, 1.807) is 19.2 Å². The van der Waals surface area contributed by atoms with E-state index in [-0.39, 0.29) is 5.75 Å². The molecule has 2 rings (SSSR count). The first-order valence-corrected chi connectivity index (χ1v) is 7.16. The lowest BCUT2D eigenvalue weighted by atomic mass is 10.1. The van der Waals surface area contributed by atoms with Crippen LogP contribution in [0.15, 0.2) is 53.5 Å². The van der Waals surface area contributed by atoms with Gasteiger partial charge in [0.25, 0.3) is 0 Å². The molecule has 0 unspecified atom stereocenters. The molecule has 0 bridgehead atoms. The Bertz CT molecular complexity index is 624. The van der Waals surface area contributed by atoms with Gasteiger partial charge in [0, 0.05) is 18.3 Å². The fourth-order valence-corrected chi connectivity index (χ4v) is 2.03. The minimum atomic E-state index is 0.286. The van der Waals surface area contributed by atoms with Gasteiger partial charge in [-0.1, -0.05) is 18.2 Å². The number of anilines is 1. The van der Waals surface area contributed by atoms with Crippen LogP contribution >= 0.6 is 0 Å². The molecule has 5 heteroatoms. The third-order valence-corrected chi connectivity index (χ3v) is 3.18. The van der Waals surface area contributed by atoms with Gasteiger partial charge in [-0.2, -0.15) is 0 Å². The van der Waals surface area contributed by atoms with E-state index in [2.05, 4.69) is 10.3 Å². The zero-order valence-corrected chi connectivity index (χ0v) is 12.6. The molecule has 2 aromatic carbocycles. The summed E-state index contributed by atoms with van der Waals surface area (Å²) in [6, 6.07) is 14.7. The lowest BCUT2D eigenvalue weighted by Gasteiger charge is -2.07. The predicted octanol–water partition coefficient (Wildman–Crippen LogP) is 2.76. The molecule has 116 valence electrons. The molecular weight excluding hydrogens is 278 g/mol. The number of guanidine groups is 1. The number of phenols is 1. The molecule has 2 aromatic rings. The Hall–Kier alpha value is -2.69. The number of phenolic OH excluding ortho intramolecular Hbond substituents is 1. The highest BCUT2D eigenvalue weighted by Crippen LogP contribution is 2.16. The Kier molecular flexibility index (Phi) is 5.65. The monoisotopic (exact) mass is 299 g/mol. The SMILES string of the molecule is COc1cccc(NC(N)=NCCCc2ccc(O)cc2)c1. The van der Waals surface area contributed by atoms with Crippen LogP contribution in [-0.2, 0) is 6.42 Å². The molecule has 22 heavy (non-hydrogen) atoms. The molecule has 0 fully saturated rings. The lowest BCUT2D eigenvalue weighted by molar-refractivity contribution is 0.415. The highest BCUT2D eigenvalue weighted by molar-refractivity contribution is 5.92. The molecule has 0 radical (unpaired) electrons. The number of nitrogens with zero attached hydrogens (tertiary/aromatic N) is 1. The van der Waals surface area contributed by atoms with Crippen molar-refractivity contribution in [1.29, 1.82) is 0 Å². The van der Waals surface area contributed by atoms with Crippen molar-refractivity contribution in [2.24, 2.45) is 10.7 Å². The van der Waals surface area contributed by atoms with Crippen LogP contribution in [0.1, 0.15) is 12.0 Å². The van der Waals surface area contributed by atoms with Gasteiger partial charge < -0.3 is 20.9 Å². The summed E-state index contributed by atoms with van der Waals surface area (Å²) >= 11 is 0. The van der Waals surface area contributed by atoms with E-state index in [0.29, 0.717) is 12.5 Å². The van der Waals surface area contributed by atoms with Crippen LogP contribution in [0.4, 0.5) is 5.69 Å². The maximum Gasteiger partial charge on any atom is 0.193 e. The van der Waals surface area contributed by atoms with Crippen LogP contribution < -0.4 is 15.8 Å². The Morgan fingerprint density at radius 1 is 1.23 bits per heavy atom. The van der Waals surface area contributed by atoms with Crippen LogP contribution in [-0.4, -0.2) is 24.7 Å². The van der Waals surface area contributed by atoms with Gasteiger partial charge in [0.15, 0.2) is 5.96 Å². The molecule has 5 nitrogen and oxygen atoms in total. The van der Waals surface area contributed by atoms with Gasteiger partial charge in [-0.15, -0.1) is 0 Å². The first-order chi connectivity index (χ1) is 10.7. The number of aliphatic imine (C=N–C) groups is 1. The van der Waals surface area contributed by atoms with Gasteiger partial charge in [-0.25, -0.2) is 0 Å². The van der Waals surface area contributed by atoms with Crippen molar-refractivity contribution in [3.8, 4) is 11.5 Å². The normalized spacial score (nSPS) is 11.2. The van der Waals surface area contributed by atoms with Crippen molar-refractivity contribution in [3.05, 3.63) is 54.1 Å². The molecule has 0 aromatic heterocycles. The highest BCUT2D eigenvalue weighted by atomic mass is 16.5. The summed E-state index contributed by atoms with van der Waals surface area (Å²) in [6.45, 7) is 0.643. The molecule has 0 spiro atoms. The molecule has 0 aliphatic heterocycles. The molecule has 0 saturated carbocycles. The van der Waals surface area contributed by atoms with Crippen molar-refractivity contribution < 1.29 is 9.84 Å². The van der Waals surface area contributed by atoms with E-state index in [1.807, 2.05) is 36.4 Å². The van der Waals surface area contributed by atoms with Gasteiger partial charge in [-0.05, 0) is 42.7 Å². The Morgan fingerprint density at radius 2 is 2.00 bits per heavy atom. The summed E-state index contributed by atoms with van der Waals surface area (Å²) in [5.41, 5.74) is 7.88. The van der Waals surface area contributed by atoms with Gasteiger partial charge in [0.05, 0.1) is 7.11 Å². The number of nitrogens with one attached hydrogen (secondary N) is 1. The molecule has 0 atom stereocenters. The van der Waals surface area contributed by atoms with Crippen LogP contribution in [0.2, 0.25) is 0 Å². The Morgan fingerprint density at radius 3 is 2.73 bits per heavy atom.